The topological polar surface area (TPSA) is 71.1 Å². The Hall–Kier alpha value is -6.40. The minimum atomic E-state index is -0.621. The molecule has 0 saturated carbocycles. The summed E-state index contributed by atoms with van der Waals surface area (Å²) in [4.78, 5) is 23.2. The lowest BCUT2D eigenvalue weighted by Crippen LogP contribution is -2.40. The third-order valence-corrected chi connectivity index (χ3v) is 10.4. The molecule has 0 amide bonds. The molecule has 0 aliphatic heterocycles. The number of carbonyl (C=O) groups excluding carboxylic acids is 2. The molecule has 8 rings (SSSR count). The van der Waals surface area contributed by atoms with Crippen LogP contribution in [0.25, 0.3) is 33.7 Å². The van der Waals surface area contributed by atoms with Gasteiger partial charge >= 0.3 is 11.9 Å². The van der Waals surface area contributed by atoms with Gasteiger partial charge < -0.3 is 18.9 Å². The molecule has 0 spiro atoms. The molecule has 3 unspecified atom stereocenters. The van der Waals surface area contributed by atoms with Crippen LogP contribution in [-0.4, -0.2) is 38.4 Å². The first-order valence-corrected chi connectivity index (χ1v) is 17.8. The Balaban J connectivity index is 1.33. The van der Waals surface area contributed by atoms with Crippen molar-refractivity contribution in [1.82, 2.24) is 0 Å². The summed E-state index contributed by atoms with van der Waals surface area (Å²) in [6.45, 7) is 7.60. The average molecular weight is 699 g/mol. The van der Waals surface area contributed by atoms with Gasteiger partial charge in [-0.25, -0.2) is 9.59 Å². The molecule has 0 fully saturated rings. The Morgan fingerprint density at radius 3 is 1.91 bits per heavy atom. The van der Waals surface area contributed by atoms with E-state index in [0.717, 1.165) is 34.1 Å². The van der Waals surface area contributed by atoms with E-state index in [-0.39, 0.29) is 38.3 Å². The zero-order chi connectivity index (χ0) is 36.4. The summed E-state index contributed by atoms with van der Waals surface area (Å²) in [6.07, 6.45) is 7.21. The zero-order valence-corrected chi connectivity index (χ0v) is 29.2. The van der Waals surface area contributed by atoms with E-state index in [1.54, 1.807) is 0 Å². The summed E-state index contributed by atoms with van der Waals surface area (Å²) < 4.78 is 22.6. The van der Waals surface area contributed by atoms with Crippen molar-refractivity contribution in [2.75, 3.05) is 26.4 Å². The summed E-state index contributed by atoms with van der Waals surface area (Å²) in [5.74, 6) is 0.578. The molecule has 0 saturated heterocycles. The Bertz CT molecular complexity index is 2520. The summed E-state index contributed by atoms with van der Waals surface area (Å²) in [5, 5.41) is 6.88. The monoisotopic (exact) mass is 698 g/mol. The van der Waals surface area contributed by atoms with Gasteiger partial charge in [-0.05, 0) is 73.1 Å². The summed E-state index contributed by atoms with van der Waals surface area (Å²) in [5.41, 5.74) is 4.23. The van der Waals surface area contributed by atoms with Gasteiger partial charge in [0.25, 0.3) is 0 Å². The Kier molecular flexibility index (Phi) is 9.11. The van der Waals surface area contributed by atoms with Gasteiger partial charge in [0.1, 0.15) is 37.9 Å². The number of rotatable bonds is 12. The molecule has 53 heavy (non-hydrogen) atoms. The van der Waals surface area contributed by atoms with Gasteiger partial charge in [-0.2, -0.15) is 0 Å². The van der Waals surface area contributed by atoms with Crippen LogP contribution >= 0.6 is 0 Å². The van der Waals surface area contributed by atoms with E-state index in [9.17, 15) is 9.59 Å². The molecule has 0 bridgehead atoms. The molecule has 0 radical (unpaired) electrons. The van der Waals surface area contributed by atoms with E-state index >= 15 is 0 Å². The Labute approximate surface area is 307 Å². The van der Waals surface area contributed by atoms with E-state index in [1.807, 2.05) is 24.3 Å². The maximum atomic E-state index is 11.7. The molecule has 2 aliphatic rings. The SMILES string of the molecule is C=CC(=O)OCCOc1ccc(C2(c3ccc(OCCOC(=O)C=C)c4ccccc34)c3cc4ccccc4cc3C3C=c4ccccc4=CC32)cc1. The second-order valence-corrected chi connectivity index (χ2v) is 13.2. The fourth-order valence-corrected chi connectivity index (χ4v) is 8.24. The summed E-state index contributed by atoms with van der Waals surface area (Å²) in [7, 11) is 0. The van der Waals surface area contributed by atoms with Gasteiger partial charge in [0, 0.05) is 29.4 Å². The molecule has 2 aliphatic carbocycles. The maximum Gasteiger partial charge on any atom is 0.330 e. The quantitative estimate of drug-likeness (QED) is 0.0748. The van der Waals surface area contributed by atoms with Gasteiger partial charge in [0.15, 0.2) is 0 Å². The van der Waals surface area contributed by atoms with Crippen LogP contribution in [0.5, 0.6) is 11.5 Å². The molecule has 262 valence electrons. The Morgan fingerprint density at radius 2 is 1.21 bits per heavy atom. The van der Waals surface area contributed by atoms with Crippen molar-refractivity contribution in [1.29, 1.82) is 0 Å². The van der Waals surface area contributed by atoms with E-state index in [1.165, 1.54) is 32.3 Å². The minimum Gasteiger partial charge on any atom is -0.490 e. The second kappa shape index (κ2) is 14.3. The van der Waals surface area contributed by atoms with Crippen molar-refractivity contribution >= 4 is 45.6 Å². The average Bonchev–Trinajstić information content (AvgIpc) is 3.47. The van der Waals surface area contributed by atoms with Crippen LogP contribution < -0.4 is 19.9 Å². The van der Waals surface area contributed by atoms with Gasteiger partial charge in [0.2, 0.25) is 0 Å². The number of hydrogen-bond donors (Lipinski definition) is 0. The van der Waals surface area contributed by atoms with Crippen LogP contribution in [-0.2, 0) is 24.5 Å². The van der Waals surface area contributed by atoms with Crippen molar-refractivity contribution in [3.05, 3.63) is 179 Å². The first kappa shape index (κ1) is 33.7. The third kappa shape index (κ3) is 6.06. The van der Waals surface area contributed by atoms with Crippen molar-refractivity contribution in [3.63, 3.8) is 0 Å². The van der Waals surface area contributed by atoms with Gasteiger partial charge in [-0.3, -0.25) is 0 Å². The molecule has 0 heterocycles. The van der Waals surface area contributed by atoms with Crippen molar-refractivity contribution in [3.8, 4) is 11.5 Å². The number of benzene rings is 6. The third-order valence-electron chi connectivity index (χ3n) is 10.4. The molecule has 6 nitrogen and oxygen atoms in total. The summed E-state index contributed by atoms with van der Waals surface area (Å²) in [6, 6.07) is 42.9. The predicted molar refractivity (Wildman–Crippen MR) is 208 cm³/mol. The van der Waals surface area contributed by atoms with Crippen molar-refractivity contribution < 1.29 is 28.5 Å². The van der Waals surface area contributed by atoms with Crippen LogP contribution in [0.2, 0.25) is 0 Å². The van der Waals surface area contributed by atoms with Crippen LogP contribution in [0.3, 0.4) is 0 Å². The van der Waals surface area contributed by atoms with E-state index < -0.39 is 17.4 Å². The molecule has 6 heteroatoms. The molecule has 6 aromatic carbocycles. The highest BCUT2D eigenvalue weighted by molar-refractivity contribution is 5.95. The van der Waals surface area contributed by atoms with E-state index in [4.69, 9.17) is 18.9 Å². The molecular formula is C47H38O6. The van der Waals surface area contributed by atoms with Crippen LogP contribution in [0.1, 0.15) is 28.2 Å². The van der Waals surface area contributed by atoms with Crippen molar-refractivity contribution in [2.45, 2.75) is 11.3 Å². The van der Waals surface area contributed by atoms with Gasteiger partial charge in [-0.15, -0.1) is 0 Å². The standard InChI is InChI=1S/C47H38O6/c1-3-45(48)52-25-23-50-36-19-17-35(18-20-36)47(41-21-22-44(38-16-10-9-15-37(38)41)51-24-26-53-46(49)4-2)42-29-33-13-7-5-11-31(33)27-39(42)40-28-32-12-6-8-14-34(32)30-43(40)47/h3-22,27-30,39,42H,1-2,23-26H2. The molecule has 3 atom stereocenters. The first-order chi connectivity index (χ1) is 26.0. The highest BCUT2D eigenvalue weighted by Crippen LogP contribution is 2.61. The lowest BCUT2D eigenvalue weighted by Gasteiger charge is -2.40. The molecular weight excluding hydrogens is 661 g/mol. The second-order valence-electron chi connectivity index (χ2n) is 13.2. The number of carbonyl (C=O) groups is 2. The molecule has 0 aromatic heterocycles. The smallest absolute Gasteiger partial charge is 0.330 e. The minimum absolute atomic E-state index is 0.0304. The number of hydrogen-bond acceptors (Lipinski definition) is 6. The largest absolute Gasteiger partial charge is 0.490 e. The number of fused-ring (bicyclic) bond motifs is 6. The highest BCUT2D eigenvalue weighted by Gasteiger charge is 2.54. The van der Waals surface area contributed by atoms with E-state index in [0.29, 0.717) is 11.5 Å². The summed E-state index contributed by atoms with van der Waals surface area (Å²) >= 11 is 0. The maximum absolute atomic E-state index is 11.7. The van der Waals surface area contributed by atoms with Gasteiger partial charge in [0.05, 0.1) is 5.41 Å². The van der Waals surface area contributed by atoms with E-state index in [2.05, 4.69) is 122 Å². The van der Waals surface area contributed by atoms with Gasteiger partial charge in [-0.1, -0.05) is 122 Å². The Morgan fingerprint density at radius 1 is 0.604 bits per heavy atom. The normalized spacial score (nSPS) is 18.0. The first-order valence-electron chi connectivity index (χ1n) is 17.8. The van der Waals surface area contributed by atoms with Crippen molar-refractivity contribution in [2.24, 2.45) is 5.92 Å². The van der Waals surface area contributed by atoms with Crippen LogP contribution in [0.4, 0.5) is 0 Å². The lowest BCUT2D eigenvalue weighted by atomic mass is 9.62. The highest BCUT2D eigenvalue weighted by atomic mass is 16.6. The molecule has 6 aromatic rings. The van der Waals surface area contributed by atoms with Crippen LogP contribution in [0.15, 0.2) is 147 Å². The molecule has 0 N–H and O–H groups in total. The number of ether oxygens (including phenoxy) is 4. The fraction of sp³-hybridized carbons (Fsp3) is 0.149. The number of esters is 2. The van der Waals surface area contributed by atoms with Crippen LogP contribution in [0, 0.1) is 5.92 Å². The fourth-order valence-electron chi connectivity index (χ4n) is 8.24. The predicted octanol–water partition coefficient (Wildman–Crippen LogP) is 7.53. The lowest BCUT2D eigenvalue weighted by molar-refractivity contribution is -0.139. The zero-order valence-electron chi connectivity index (χ0n) is 29.2.